The molecule has 0 saturated carbocycles. The maximum absolute atomic E-state index is 11.6. The SMILES string of the molecule is CC(C)Cc1nc(CC(C)C)n(Cc2ccc(-n3c(-c4nnn[nH]4)ccc3[N+](=O)[O-])cc2)n1. The Bertz CT molecular complexity index is 1220. The molecule has 3 aromatic heterocycles. The molecule has 0 spiro atoms. The first-order valence-corrected chi connectivity index (χ1v) is 10.9. The van der Waals surface area contributed by atoms with Crippen molar-refractivity contribution in [2.75, 3.05) is 0 Å². The number of benzene rings is 1. The Hall–Kier alpha value is -3.89. The summed E-state index contributed by atoms with van der Waals surface area (Å²) in [5.41, 5.74) is 2.18. The Morgan fingerprint density at radius 1 is 1.03 bits per heavy atom. The molecule has 0 atom stereocenters. The second-order valence-electron chi connectivity index (χ2n) is 8.88. The van der Waals surface area contributed by atoms with Gasteiger partial charge in [0.2, 0.25) is 5.82 Å². The summed E-state index contributed by atoms with van der Waals surface area (Å²) < 4.78 is 3.49. The van der Waals surface area contributed by atoms with E-state index < -0.39 is 4.92 Å². The molecule has 0 fully saturated rings. The Morgan fingerprint density at radius 2 is 1.76 bits per heavy atom. The van der Waals surface area contributed by atoms with Crippen molar-refractivity contribution in [1.82, 2.24) is 40.0 Å². The van der Waals surface area contributed by atoms with E-state index in [1.807, 2.05) is 28.9 Å². The van der Waals surface area contributed by atoms with Gasteiger partial charge in [0.1, 0.15) is 11.5 Å². The first kappa shape index (κ1) is 22.3. The number of hydrogen-bond donors (Lipinski definition) is 1. The predicted octanol–water partition coefficient (Wildman–Crippen LogP) is 3.60. The van der Waals surface area contributed by atoms with Crippen LogP contribution < -0.4 is 0 Å². The van der Waals surface area contributed by atoms with Gasteiger partial charge in [-0.3, -0.25) is 0 Å². The van der Waals surface area contributed by atoms with Crippen molar-refractivity contribution >= 4 is 5.82 Å². The van der Waals surface area contributed by atoms with Crippen LogP contribution in [-0.4, -0.2) is 44.9 Å². The highest BCUT2D eigenvalue weighted by Gasteiger charge is 2.24. The molecule has 4 rings (SSSR count). The van der Waals surface area contributed by atoms with E-state index in [4.69, 9.17) is 10.1 Å². The van der Waals surface area contributed by atoms with Crippen molar-refractivity contribution in [2.45, 2.75) is 47.1 Å². The molecule has 1 aromatic carbocycles. The number of nitrogens with one attached hydrogen (secondary N) is 1. The largest absolute Gasteiger partial charge is 0.358 e. The van der Waals surface area contributed by atoms with Crippen molar-refractivity contribution in [3.05, 3.63) is 63.7 Å². The van der Waals surface area contributed by atoms with Crippen LogP contribution in [0.3, 0.4) is 0 Å². The number of H-pyrrole nitrogens is 1. The Morgan fingerprint density at radius 3 is 2.36 bits per heavy atom. The lowest BCUT2D eigenvalue weighted by Gasteiger charge is -2.09. The van der Waals surface area contributed by atoms with Gasteiger partial charge in [0.05, 0.1) is 6.54 Å². The summed E-state index contributed by atoms with van der Waals surface area (Å²) in [5, 5.41) is 30.0. The zero-order chi connectivity index (χ0) is 23.5. The minimum atomic E-state index is -0.426. The van der Waals surface area contributed by atoms with Gasteiger partial charge in [0.25, 0.3) is 0 Å². The average Bonchev–Trinajstić information content (AvgIpc) is 3.48. The van der Waals surface area contributed by atoms with Crippen LogP contribution in [0.15, 0.2) is 36.4 Å². The lowest BCUT2D eigenvalue weighted by molar-refractivity contribution is -0.390. The number of nitrogens with zero attached hydrogens (tertiary/aromatic N) is 8. The maximum atomic E-state index is 11.6. The van der Waals surface area contributed by atoms with Gasteiger partial charge < -0.3 is 10.1 Å². The molecule has 4 aromatic rings. The maximum Gasteiger partial charge on any atom is 0.328 e. The molecule has 0 saturated heterocycles. The van der Waals surface area contributed by atoms with Crippen molar-refractivity contribution in [3.8, 4) is 17.2 Å². The topological polar surface area (TPSA) is 133 Å². The summed E-state index contributed by atoms with van der Waals surface area (Å²) in [5.74, 6) is 3.09. The predicted molar refractivity (Wildman–Crippen MR) is 122 cm³/mol. The summed E-state index contributed by atoms with van der Waals surface area (Å²) in [6.45, 7) is 9.24. The normalized spacial score (nSPS) is 11.6. The fraction of sp³-hybridized carbons (Fsp3) is 0.409. The van der Waals surface area contributed by atoms with E-state index in [0.29, 0.717) is 35.6 Å². The summed E-state index contributed by atoms with van der Waals surface area (Å²) in [6.07, 6.45) is 1.70. The number of tetrazole rings is 1. The van der Waals surface area contributed by atoms with Gasteiger partial charge in [0.15, 0.2) is 11.5 Å². The van der Waals surface area contributed by atoms with Gasteiger partial charge in [-0.1, -0.05) is 39.8 Å². The van der Waals surface area contributed by atoms with Crippen LogP contribution in [0.2, 0.25) is 0 Å². The van der Waals surface area contributed by atoms with Gasteiger partial charge >= 0.3 is 5.82 Å². The third-order valence-corrected chi connectivity index (χ3v) is 5.14. The highest BCUT2D eigenvalue weighted by atomic mass is 16.6. The smallest absolute Gasteiger partial charge is 0.328 e. The molecule has 0 unspecified atom stereocenters. The molecule has 11 nitrogen and oxygen atoms in total. The monoisotopic (exact) mass is 449 g/mol. The minimum absolute atomic E-state index is 0.0667. The fourth-order valence-corrected chi connectivity index (χ4v) is 3.74. The zero-order valence-electron chi connectivity index (χ0n) is 19.1. The van der Waals surface area contributed by atoms with Gasteiger partial charge in [-0.2, -0.15) is 9.67 Å². The first-order valence-electron chi connectivity index (χ1n) is 10.9. The van der Waals surface area contributed by atoms with Crippen LogP contribution >= 0.6 is 0 Å². The molecule has 0 aliphatic rings. The number of hydrogen-bond acceptors (Lipinski definition) is 7. The fourth-order valence-electron chi connectivity index (χ4n) is 3.74. The highest BCUT2D eigenvalue weighted by Crippen LogP contribution is 2.28. The Balaban J connectivity index is 1.64. The van der Waals surface area contributed by atoms with Gasteiger partial charge in [-0.15, -0.1) is 5.10 Å². The highest BCUT2D eigenvalue weighted by molar-refractivity contribution is 5.60. The molecule has 172 valence electrons. The molecule has 33 heavy (non-hydrogen) atoms. The van der Waals surface area contributed by atoms with E-state index in [1.165, 1.54) is 10.6 Å². The molecule has 11 heteroatoms. The molecular weight excluding hydrogens is 422 g/mol. The summed E-state index contributed by atoms with van der Waals surface area (Å²) in [7, 11) is 0. The summed E-state index contributed by atoms with van der Waals surface area (Å²) in [4.78, 5) is 15.9. The molecule has 0 aliphatic carbocycles. The van der Waals surface area contributed by atoms with Crippen molar-refractivity contribution in [3.63, 3.8) is 0 Å². The van der Waals surface area contributed by atoms with Gasteiger partial charge in [0, 0.05) is 18.9 Å². The second kappa shape index (κ2) is 9.31. The molecule has 1 N–H and O–H groups in total. The Labute approximate surface area is 191 Å². The van der Waals surface area contributed by atoms with E-state index in [9.17, 15) is 10.1 Å². The Kier molecular flexibility index (Phi) is 6.29. The van der Waals surface area contributed by atoms with Crippen LogP contribution in [0, 0.1) is 22.0 Å². The third-order valence-electron chi connectivity index (χ3n) is 5.14. The van der Waals surface area contributed by atoms with E-state index in [-0.39, 0.29) is 5.82 Å². The summed E-state index contributed by atoms with van der Waals surface area (Å²) in [6, 6.07) is 10.7. The van der Waals surface area contributed by atoms with Gasteiger partial charge in [-0.25, -0.2) is 14.8 Å². The van der Waals surface area contributed by atoms with Crippen molar-refractivity contribution in [2.24, 2.45) is 11.8 Å². The van der Waals surface area contributed by atoms with Crippen LogP contribution in [0.25, 0.3) is 17.2 Å². The first-order chi connectivity index (χ1) is 15.8. The van der Waals surface area contributed by atoms with E-state index in [1.54, 1.807) is 6.07 Å². The van der Waals surface area contributed by atoms with E-state index in [2.05, 4.69) is 48.3 Å². The number of nitro groups is 1. The lowest BCUT2D eigenvalue weighted by Crippen LogP contribution is -2.10. The van der Waals surface area contributed by atoms with Crippen LogP contribution in [0.5, 0.6) is 0 Å². The zero-order valence-corrected chi connectivity index (χ0v) is 19.1. The lowest BCUT2D eigenvalue weighted by atomic mass is 10.1. The second-order valence-corrected chi connectivity index (χ2v) is 8.88. The molecule has 0 aliphatic heterocycles. The average molecular weight is 450 g/mol. The number of aromatic nitrogens is 8. The quantitative estimate of drug-likeness (QED) is 0.305. The minimum Gasteiger partial charge on any atom is -0.358 e. The van der Waals surface area contributed by atoms with E-state index in [0.717, 1.165) is 30.1 Å². The van der Waals surface area contributed by atoms with Crippen molar-refractivity contribution in [1.29, 1.82) is 0 Å². The van der Waals surface area contributed by atoms with Crippen LogP contribution in [0.4, 0.5) is 5.82 Å². The number of aromatic amines is 1. The van der Waals surface area contributed by atoms with Crippen LogP contribution in [-0.2, 0) is 19.4 Å². The molecule has 0 bridgehead atoms. The van der Waals surface area contributed by atoms with Crippen molar-refractivity contribution < 1.29 is 4.92 Å². The standard InChI is InChI=1S/C22H27N9O2/c1-14(2)11-19-23-20(12-15(3)4)29(26-19)13-16-5-7-17(8-6-16)30-18(22-24-27-28-25-22)9-10-21(30)31(32)33/h5-10,14-15H,11-13H2,1-4H3,(H,24,25,27,28). The van der Waals surface area contributed by atoms with E-state index >= 15 is 0 Å². The third kappa shape index (κ3) is 4.97. The van der Waals surface area contributed by atoms with Crippen LogP contribution in [0.1, 0.15) is 44.9 Å². The molecular formula is C22H27N9O2. The molecule has 0 radical (unpaired) electrons. The number of rotatable bonds is 9. The molecule has 3 heterocycles. The molecule has 0 amide bonds. The summed E-state index contributed by atoms with van der Waals surface area (Å²) >= 11 is 0. The van der Waals surface area contributed by atoms with Gasteiger partial charge in [-0.05, 0) is 50.9 Å².